The number of thioether (sulfide) groups is 1. The maximum absolute atomic E-state index is 11.2. The van der Waals surface area contributed by atoms with E-state index in [1.807, 2.05) is 18.7 Å². The minimum atomic E-state index is -0.275. The minimum Gasteiger partial charge on any atom is -0.323 e. The van der Waals surface area contributed by atoms with Crippen LogP contribution in [0.15, 0.2) is 4.79 Å². The summed E-state index contributed by atoms with van der Waals surface area (Å²) < 4.78 is 0. The monoisotopic (exact) mass is 211 g/mol. The normalized spacial score (nSPS) is 17.6. The van der Waals surface area contributed by atoms with Crippen LogP contribution in [-0.2, 0) is 12.2 Å². The lowest BCUT2D eigenvalue weighted by molar-refractivity contribution is 0.738. The Bertz CT molecular complexity index is 400. The van der Waals surface area contributed by atoms with Gasteiger partial charge >= 0.3 is 5.69 Å². The quantitative estimate of drug-likeness (QED) is 0.712. The number of nitrogens with zero attached hydrogens (tertiary/aromatic N) is 1. The highest BCUT2D eigenvalue weighted by molar-refractivity contribution is 7.98. The first-order valence-electron chi connectivity index (χ1n) is 4.64. The van der Waals surface area contributed by atoms with E-state index in [0.29, 0.717) is 0 Å². The molecule has 0 radical (unpaired) electrons. The van der Waals surface area contributed by atoms with Gasteiger partial charge in [-0.15, -0.1) is 0 Å². The molecule has 3 N–H and O–H groups in total. The summed E-state index contributed by atoms with van der Waals surface area (Å²) in [4.78, 5) is 18.0. The van der Waals surface area contributed by atoms with E-state index in [0.717, 1.165) is 34.9 Å². The highest BCUT2D eigenvalue weighted by Gasteiger charge is 2.18. The van der Waals surface area contributed by atoms with Gasteiger partial charge in [0.05, 0.1) is 5.69 Å². The Morgan fingerprint density at radius 1 is 1.64 bits per heavy atom. The molecule has 4 nitrogen and oxygen atoms in total. The fraction of sp³-hybridized carbons (Fsp3) is 0.556. The van der Waals surface area contributed by atoms with Crippen molar-refractivity contribution in [2.24, 2.45) is 5.73 Å². The molecule has 0 spiro atoms. The van der Waals surface area contributed by atoms with Gasteiger partial charge in [0.25, 0.3) is 0 Å². The Morgan fingerprint density at radius 3 is 3.14 bits per heavy atom. The van der Waals surface area contributed by atoms with Crippen LogP contribution < -0.4 is 11.4 Å². The summed E-state index contributed by atoms with van der Waals surface area (Å²) in [5.74, 6) is 1.97. The average Bonchev–Trinajstić information content (AvgIpc) is 2.16. The van der Waals surface area contributed by atoms with Crippen molar-refractivity contribution < 1.29 is 0 Å². The van der Waals surface area contributed by atoms with Crippen molar-refractivity contribution in [2.45, 2.75) is 25.1 Å². The molecule has 0 aliphatic carbocycles. The highest BCUT2D eigenvalue weighted by atomic mass is 32.2. The van der Waals surface area contributed by atoms with E-state index in [-0.39, 0.29) is 11.7 Å². The molecule has 0 aromatic carbocycles. The first-order chi connectivity index (χ1) is 6.68. The van der Waals surface area contributed by atoms with E-state index in [9.17, 15) is 4.79 Å². The van der Waals surface area contributed by atoms with Crippen molar-refractivity contribution in [1.82, 2.24) is 9.97 Å². The molecule has 0 saturated carbocycles. The number of aromatic nitrogens is 2. The molecule has 2 heterocycles. The van der Waals surface area contributed by atoms with E-state index in [4.69, 9.17) is 5.73 Å². The third-order valence-electron chi connectivity index (χ3n) is 2.33. The van der Waals surface area contributed by atoms with E-state index in [1.54, 1.807) is 0 Å². The number of hydrogen-bond acceptors (Lipinski definition) is 4. The maximum Gasteiger partial charge on any atom is 0.345 e. The van der Waals surface area contributed by atoms with Crippen LogP contribution in [-0.4, -0.2) is 15.7 Å². The molecular weight excluding hydrogens is 198 g/mol. The van der Waals surface area contributed by atoms with Crippen molar-refractivity contribution in [1.29, 1.82) is 0 Å². The van der Waals surface area contributed by atoms with Gasteiger partial charge in [-0.05, 0) is 19.1 Å². The van der Waals surface area contributed by atoms with E-state index < -0.39 is 0 Å². The van der Waals surface area contributed by atoms with Gasteiger partial charge in [-0.25, -0.2) is 4.79 Å². The standard InChI is InChI=1S/C9H13N3OS/c1-5(10)8-6-4-14-3-2-7(6)11-9(13)12-8/h5H,2-4,10H2,1H3,(H,11,12,13). The molecule has 76 valence electrons. The Labute approximate surface area is 86.3 Å². The topological polar surface area (TPSA) is 71.8 Å². The van der Waals surface area contributed by atoms with Crippen molar-refractivity contribution >= 4 is 11.8 Å². The second-order valence-electron chi connectivity index (χ2n) is 3.48. The largest absolute Gasteiger partial charge is 0.345 e. The Hall–Kier alpha value is -0.810. The molecule has 0 saturated heterocycles. The molecule has 1 unspecified atom stereocenters. The predicted octanol–water partition coefficient (Wildman–Crippen LogP) is 0.579. The lowest BCUT2D eigenvalue weighted by Gasteiger charge is -2.18. The summed E-state index contributed by atoms with van der Waals surface area (Å²) in [5, 5.41) is 0. The summed E-state index contributed by atoms with van der Waals surface area (Å²) in [7, 11) is 0. The summed E-state index contributed by atoms with van der Waals surface area (Å²) in [6.07, 6.45) is 0.914. The van der Waals surface area contributed by atoms with Crippen LogP contribution in [0.2, 0.25) is 0 Å². The third kappa shape index (κ3) is 1.69. The number of nitrogens with one attached hydrogen (secondary N) is 1. The number of nitrogens with two attached hydrogens (primary N) is 1. The van der Waals surface area contributed by atoms with Crippen molar-refractivity contribution in [3.8, 4) is 0 Å². The molecule has 14 heavy (non-hydrogen) atoms. The van der Waals surface area contributed by atoms with Crippen LogP contribution in [0.1, 0.15) is 29.9 Å². The van der Waals surface area contributed by atoms with Crippen LogP contribution in [0, 0.1) is 0 Å². The average molecular weight is 211 g/mol. The maximum atomic E-state index is 11.2. The number of H-pyrrole nitrogens is 1. The molecule has 1 aromatic heterocycles. The second-order valence-corrected chi connectivity index (χ2v) is 4.58. The highest BCUT2D eigenvalue weighted by Crippen LogP contribution is 2.26. The van der Waals surface area contributed by atoms with Crippen LogP contribution in [0.5, 0.6) is 0 Å². The lowest BCUT2D eigenvalue weighted by atomic mass is 10.1. The number of aromatic amines is 1. The van der Waals surface area contributed by atoms with E-state index in [1.165, 1.54) is 0 Å². The van der Waals surface area contributed by atoms with Gasteiger partial charge in [-0.3, -0.25) is 0 Å². The van der Waals surface area contributed by atoms with Crippen molar-refractivity contribution in [3.63, 3.8) is 0 Å². The van der Waals surface area contributed by atoms with Crippen LogP contribution >= 0.6 is 11.8 Å². The Balaban J connectivity index is 2.58. The van der Waals surface area contributed by atoms with Gasteiger partial charge < -0.3 is 10.7 Å². The summed E-state index contributed by atoms with van der Waals surface area (Å²) >= 11 is 1.86. The number of rotatable bonds is 1. The molecule has 5 heteroatoms. The molecule has 1 aliphatic heterocycles. The molecule has 1 aromatic rings. The molecule has 0 fully saturated rings. The number of fused-ring (bicyclic) bond motifs is 1. The molecule has 2 rings (SSSR count). The van der Waals surface area contributed by atoms with Crippen LogP contribution in [0.4, 0.5) is 0 Å². The fourth-order valence-corrected chi connectivity index (χ4v) is 2.68. The Morgan fingerprint density at radius 2 is 2.43 bits per heavy atom. The number of aryl methyl sites for hydroxylation is 1. The molecule has 1 atom stereocenters. The lowest BCUT2D eigenvalue weighted by Crippen LogP contribution is -2.24. The van der Waals surface area contributed by atoms with Gasteiger partial charge in [-0.2, -0.15) is 16.7 Å². The minimum absolute atomic E-state index is 0.162. The third-order valence-corrected chi connectivity index (χ3v) is 3.31. The van der Waals surface area contributed by atoms with Crippen LogP contribution in [0.25, 0.3) is 0 Å². The van der Waals surface area contributed by atoms with E-state index in [2.05, 4.69) is 9.97 Å². The van der Waals surface area contributed by atoms with Gasteiger partial charge in [0.1, 0.15) is 0 Å². The summed E-state index contributed by atoms with van der Waals surface area (Å²) in [6.45, 7) is 1.86. The Kier molecular flexibility index (Phi) is 2.60. The fourth-order valence-electron chi connectivity index (χ4n) is 1.66. The summed E-state index contributed by atoms with van der Waals surface area (Å²) in [6, 6.07) is -0.162. The molecule has 1 aliphatic rings. The van der Waals surface area contributed by atoms with Gasteiger partial charge in [0.15, 0.2) is 0 Å². The zero-order valence-electron chi connectivity index (χ0n) is 8.04. The van der Waals surface area contributed by atoms with Crippen molar-refractivity contribution in [2.75, 3.05) is 5.75 Å². The first kappa shape index (κ1) is 9.73. The van der Waals surface area contributed by atoms with Crippen LogP contribution in [0.3, 0.4) is 0 Å². The van der Waals surface area contributed by atoms with E-state index >= 15 is 0 Å². The first-order valence-corrected chi connectivity index (χ1v) is 5.79. The smallest absolute Gasteiger partial charge is 0.323 e. The van der Waals surface area contributed by atoms with Crippen molar-refractivity contribution in [3.05, 3.63) is 27.4 Å². The summed E-state index contributed by atoms with van der Waals surface area (Å²) in [5.41, 5.74) is 8.43. The van der Waals surface area contributed by atoms with Gasteiger partial charge in [-0.1, -0.05) is 0 Å². The molecule has 0 bridgehead atoms. The SMILES string of the molecule is CC(N)c1nc(=O)[nH]c2c1CSCC2. The van der Waals surface area contributed by atoms with Gasteiger partial charge in [0.2, 0.25) is 0 Å². The zero-order chi connectivity index (χ0) is 10.1. The number of hydrogen-bond donors (Lipinski definition) is 2. The zero-order valence-corrected chi connectivity index (χ0v) is 8.86. The molecule has 0 amide bonds. The second kappa shape index (κ2) is 3.74. The predicted molar refractivity (Wildman–Crippen MR) is 57.3 cm³/mol. The molecular formula is C9H13N3OS. The van der Waals surface area contributed by atoms with Gasteiger partial charge in [0, 0.05) is 23.1 Å².